The molecule has 3 heteroatoms. The lowest BCUT2D eigenvalue weighted by molar-refractivity contribution is 0.149. The van der Waals surface area contributed by atoms with E-state index in [1.807, 2.05) is 12.4 Å². The molecule has 0 amide bonds. The molecule has 1 aromatic heterocycles. The van der Waals surface area contributed by atoms with E-state index in [9.17, 15) is 0 Å². The number of nitrogens with zero attached hydrogens (tertiary/aromatic N) is 2. The standard InChI is InChI=1S/C15H23N3/c1-18-14-2-3-15(18)11-13(10-14)17-9-6-12-4-7-16-8-5-12/h4-5,7-8,13-15,17H,2-3,6,9-11H2,1H3. The highest BCUT2D eigenvalue weighted by Gasteiger charge is 2.37. The molecule has 0 saturated carbocycles. The summed E-state index contributed by atoms with van der Waals surface area (Å²) < 4.78 is 0. The Morgan fingerprint density at radius 3 is 2.56 bits per heavy atom. The average molecular weight is 245 g/mol. The predicted molar refractivity (Wildman–Crippen MR) is 73.5 cm³/mol. The van der Waals surface area contributed by atoms with E-state index in [2.05, 4.69) is 34.4 Å². The number of fused-ring (bicyclic) bond motifs is 2. The quantitative estimate of drug-likeness (QED) is 0.877. The number of piperidine rings is 1. The summed E-state index contributed by atoms with van der Waals surface area (Å²) in [6.07, 6.45) is 10.4. The molecule has 98 valence electrons. The van der Waals surface area contributed by atoms with E-state index in [0.717, 1.165) is 31.1 Å². The highest BCUT2D eigenvalue weighted by atomic mass is 15.2. The zero-order valence-electron chi connectivity index (χ0n) is 11.2. The van der Waals surface area contributed by atoms with Crippen molar-refractivity contribution in [2.45, 2.75) is 50.2 Å². The molecule has 2 unspecified atom stereocenters. The van der Waals surface area contributed by atoms with Gasteiger partial charge in [0, 0.05) is 30.5 Å². The largest absolute Gasteiger partial charge is 0.314 e. The summed E-state index contributed by atoms with van der Waals surface area (Å²) in [6.45, 7) is 1.10. The van der Waals surface area contributed by atoms with Crippen LogP contribution in [0.3, 0.4) is 0 Å². The molecule has 1 aromatic rings. The minimum absolute atomic E-state index is 0.737. The first-order chi connectivity index (χ1) is 8.83. The van der Waals surface area contributed by atoms with Crippen molar-refractivity contribution in [1.82, 2.24) is 15.2 Å². The van der Waals surface area contributed by atoms with E-state index in [0.29, 0.717) is 0 Å². The molecule has 3 heterocycles. The van der Waals surface area contributed by atoms with E-state index in [1.165, 1.54) is 31.2 Å². The maximum Gasteiger partial charge on any atom is 0.0270 e. The zero-order chi connectivity index (χ0) is 12.4. The Hall–Kier alpha value is -0.930. The number of hydrogen-bond donors (Lipinski definition) is 1. The van der Waals surface area contributed by atoms with Crippen LogP contribution in [-0.2, 0) is 6.42 Å². The smallest absolute Gasteiger partial charge is 0.0270 e. The molecular weight excluding hydrogens is 222 g/mol. The summed E-state index contributed by atoms with van der Waals surface area (Å²) in [4.78, 5) is 6.65. The molecule has 2 bridgehead atoms. The van der Waals surface area contributed by atoms with Crippen molar-refractivity contribution in [2.75, 3.05) is 13.6 Å². The third-order valence-corrected chi connectivity index (χ3v) is 4.69. The monoisotopic (exact) mass is 245 g/mol. The zero-order valence-corrected chi connectivity index (χ0v) is 11.2. The predicted octanol–water partition coefficient (Wildman–Crippen LogP) is 1.84. The van der Waals surface area contributed by atoms with Crippen LogP contribution in [0.1, 0.15) is 31.2 Å². The van der Waals surface area contributed by atoms with Gasteiger partial charge in [-0.15, -0.1) is 0 Å². The molecule has 2 aliphatic heterocycles. The third-order valence-electron chi connectivity index (χ3n) is 4.69. The molecule has 3 nitrogen and oxygen atoms in total. The van der Waals surface area contributed by atoms with Crippen LogP contribution in [0.2, 0.25) is 0 Å². The van der Waals surface area contributed by atoms with Gasteiger partial charge in [0.25, 0.3) is 0 Å². The van der Waals surface area contributed by atoms with E-state index in [-0.39, 0.29) is 0 Å². The van der Waals surface area contributed by atoms with E-state index < -0.39 is 0 Å². The van der Waals surface area contributed by atoms with Crippen LogP contribution >= 0.6 is 0 Å². The van der Waals surface area contributed by atoms with Crippen molar-refractivity contribution in [1.29, 1.82) is 0 Å². The van der Waals surface area contributed by atoms with Crippen molar-refractivity contribution in [2.24, 2.45) is 0 Å². The summed E-state index contributed by atoms with van der Waals surface area (Å²) in [5, 5.41) is 3.74. The SMILES string of the molecule is CN1C2CCC1CC(NCCc1ccncc1)C2. The first-order valence-corrected chi connectivity index (χ1v) is 7.17. The molecule has 2 atom stereocenters. The van der Waals surface area contributed by atoms with Crippen molar-refractivity contribution in [3.8, 4) is 0 Å². The van der Waals surface area contributed by atoms with Gasteiger partial charge in [0.05, 0.1) is 0 Å². The Labute approximate surface area is 110 Å². The molecule has 2 fully saturated rings. The Morgan fingerprint density at radius 2 is 1.89 bits per heavy atom. The van der Waals surface area contributed by atoms with Gasteiger partial charge in [-0.05, 0) is 63.4 Å². The first-order valence-electron chi connectivity index (χ1n) is 7.17. The number of rotatable bonds is 4. The lowest BCUT2D eigenvalue weighted by Crippen LogP contribution is -2.47. The molecule has 0 spiro atoms. The second kappa shape index (κ2) is 5.37. The van der Waals surface area contributed by atoms with E-state index in [4.69, 9.17) is 0 Å². The Morgan fingerprint density at radius 1 is 1.22 bits per heavy atom. The molecule has 18 heavy (non-hydrogen) atoms. The van der Waals surface area contributed by atoms with Gasteiger partial charge in [-0.25, -0.2) is 0 Å². The van der Waals surface area contributed by atoms with Crippen LogP contribution in [0.25, 0.3) is 0 Å². The van der Waals surface area contributed by atoms with Gasteiger partial charge in [0.15, 0.2) is 0 Å². The van der Waals surface area contributed by atoms with E-state index >= 15 is 0 Å². The fourth-order valence-corrected chi connectivity index (χ4v) is 3.55. The van der Waals surface area contributed by atoms with E-state index in [1.54, 1.807) is 0 Å². The van der Waals surface area contributed by atoms with Crippen molar-refractivity contribution in [3.63, 3.8) is 0 Å². The van der Waals surface area contributed by atoms with Gasteiger partial charge in [-0.3, -0.25) is 4.98 Å². The normalized spacial score (nSPS) is 31.7. The number of nitrogens with one attached hydrogen (secondary N) is 1. The van der Waals surface area contributed by atoms with Crippen molar-refractivity contribution >= 4 is 0 Å². The molecule has 1 N–H and O–H groups in total. The summed E-state index contributed by atoms with van der Waals surface area (Å²) in [7, 11) is 2.30. The number of aromatic nitrogens is 1. The molecule has 2 saturated heterocycles. The second-order valence-corrected chi connectivity index (χ2v) is 5.78. The van der Waals surface area contributed by atoms with Crippen LogP contribution in [-0.4, -0.2) is 41.6 Å². The maximum absolute atomic E-state index is 4.05. The van der Waals surface area contributed by atoms with Gasteiger partial charge in [-0.1, -0.05) is 0 Å². The fraction of sp³-hybridized carbons (Fsp3) is 0.667. The van der Waals surface area contributed by atoms with Gasteiger partial charge in [0.2, 0.25) is 0 Å². The topological polar surface area (TPSA) is 28.2 Å². The summed E-state index contributed by atoms with van der Waals surface area (Å²) in [5.41, 5.74) is 1.38. The Balaban J connectivity index is 1.45. The molecule has 3 rings (SSSR count). The molecule has 0 aliphatic carbocycles. The molecule has 2 aliphatic rings. The number of hydrogen-bond acceptors (Lipinski definition) is 3. The lowest BCUT2D eigenvalue weighted by atomic mass is 9.98. The van der Waals surface area contributed by atoms with Gasteiger partial charge in [-0.2, -0.15) is 0 Å². The molecular formula is C15H23N3. The Kier molecular flexibility index (Phi) is 3.62. The minimum Gasteiger partial charge on any atom is -0.314 e. The van der Waals surface area contributed by atoms with Crippen molar-refractivity contribution in [3.05, 3.63) is 30.1 Å². The molecule has 0 radical (unpaired) electrons. The summed E-state index contributed by atoms with van der Waals surface area (Å²) in [6, 6.07) is 6.63. The van der Waals surface area contributed by atoms with Crippen LogP contribution < -0.4 is 5.32 Å². The van der Waals surface area contributed by atoms with Gasteiger partial charge >= 0.3 is 0 Å². The lowest BCUT2D eigenvalue weighted by Gasteiger charge is -2.36. The average Bonchev–Trinajstić information content (AvgIpc) is 2.64. The van der Waals surface area contributed by atoms with Crippen molar-refractivity contribution < 1.29 is 0 Å². The first kappa shape index (κ1) is 12.1. The second-order valence-electron chi connectivity index (χ2n) is 5.78. The maximum atomic E-state index is 4.05. The molecule has 0 aromatic carbocycles. The van der Waals surface area contributed by atoms with Crippen LogP contribution in [0, 0.1) is 0 Å². The summed E-state index contributed by atoms with van der Waals surface area (Å²) >= 11 is 0. The highest BCUT2D eigenvalue weighted by molar-refractivity contribution is 5.10. The Bertz CT molecular complexity index is 365. The summed E-state index contributed by atoms with van der Waals surface area (Å²) in [5.74, 6) is 0. The number of pyridine rings is 1. The minimum atomic E-state index is 0.737. The van der Waals surface area contributed by atoms with Crippen LogP contribution in [0.15, 0.2) is 24.5 Å². The van der Waals surface area contributed by atoms with Gasteiger partial charge < -0.3 is 10.2 Å². The third kappa shape index (κ3) is 2.57. The highest BCUT2D eigenvalue weighted by Crippen LogP contribution is 2.34. The van der Waals surface area contributed by atoms with Gasteiger partial charge in [0.1, 0.15) is 0 Å². The fourth-order valence-electron chi connectivity index (χ4n) is 3.55. The van der Waals surface area contributed by atoms with Crippen LogP contribution in [0.5, 0.6) is 0 Å². The van der Waals surface area contributed by atoms with Crippen LogP contribution in [0.4, 0.5) is 0 Å².